The molecule has 124 valence electrons. The lowest BCUT2D eigenvalue weighted by Crippen LogP contribution is -2.29. The van der Waals surface area contributed by atoms with Crippen molar-refractivity contribution in [3.8, 4) is 0 Å². The van der Waals surface area contributed by atoms with Crippen molar-refractivity contribution in [2.45, 2.75) is 13.0 Å². The maximum Gasteiger partial charge on any atom is 0.289 e. The molecule has 6 heteroatoms. The highest BCUT2D eigenvalue weighted by molar-refractivity contribution is 5.92. The second-order valence-electron chi connectivity index (χ2n) is 6.04. The first kappa shape index (κ1) is 16.0. The van der Waals surface area contributed by atoms with E-state index in [1.807, 2.05) is 50.2 Å². The summed E-state index contributed by atoms with van der Waals surface area (Å²) >= 11 is 0. The molecule has 24 heavy (non-hydrogen) atoms. The molecule has 1 atom stereocenters. The minimum Gasteiger partial charge on any atom is -0.347 e. The molecular formula is C18H21N5O. The summed E-state index contributed by atoms with van der Waals surface area (Å²) in [7, 11) is 5.52. The molecule has 0 aliphatic rings. The number of benzene rings is 2. The third kappa shape index (κ3) is 2.82. The standard InChI is InChI=1S/C18H21N5O/c1-12(14-11-7-9-13-8-5-6-10-15(13)14)19-17(24)16-20-21-18(22(2)3)23(16)4/h5-12H,1-4H3,(H,19,24). The van der Waals surface area contributed by atoms with Crippen molar-refractivity contribution < 1.29 is 4.79 Å². The van der Waals surface area contributed by atoms with Gasteiger partial charge in [0.2, 0.25) is 11.8 Å². The summed E-state index contributed by atoms with van der Waals surface area (Å²) in [6.45, 7) is 1.98. The lowest BCUT2D eigenvalue weighted by molar-refractivity contribution is 0.0926. The van der Waals surface area contributed by atoms with Crippen LogP contribution in [0, 0.1) is 0 Å². The lowest BCUT2D eigenvalue weighted by Gasteiger charge is -2.16. The molecule has 1 aromatic heterocycles. The van der Waals surface area contributed by atoms with E-state index >= 15 is 0 Å². The first-order valence-electron chi connectivity index (χ1n) is 7.84. The first-order valence-corrected chi connectivity index (χ1v) is 7.84. The molecule has 0 aliphatic heterocycles. The Labute approximate surface area is 141 Å². The van der Waals surface area contributed by atoms with Gasteiger partial charge >= 0.3 is 0 Å². The van der Waals surface area contributed by atoms with Crippen LogP contribution < -0.4 is 10.2 Å². The molecule has 0 radical (unpaired) electrons. The number of hydrogen-bond donors (Lipinski definition) is 1. The van der Waals surface area contributed by atoms with Crippen molar-refractivity contribution in [2.24, 2.45) is 7.05 Å². The van der Waals surface area contributed by atoms with Gasteiger partial charge in [-0.1, -0.05) is 42.5 Å². The predicted octanol–water partition coefficient (Wildman–Crippen LogP) is 2.53. The molecule has 0 saturated carbocycles. The summed E-state index contributed by atoms with van der Waals surface area (Å²) in [6.07, 6.45) is 0. The zero-order valence-electron chi connectivity index (χ0n) is 14.3. The number of aromatic nitrogens is 3. The largest absolute Gasteiger partial charge is 0.347 e. The number of amides is 1. The van der Waals surface area contributed by atoms with E-state index in [-0.39, 0.29) is 11.9 Å². The molecule has 0 fully saturated rings. The van der Waals surface area contributed by atoms with Crippen LogP contribution >= 0.6 is 0 Å². The van der Waals surface area contributed by atoms with Crippen LogP contribution in [0.3, 0.4) is 0 Å². The van der Waals surface area contributed by atoms with Gasteiger partial charge in [0.1, 0.15) is 0 Å². The topological polar surface area (TPSA) is 63.1 Å². The number of anilines is 1. The van der Waals surface area contributed by atoms with Gasteiger partial charge in [0.15, 0.2) is 0 Å². The van der Waals surface area contributed by atoms with Crippen LogP contribution in [-0.4, -0.2) is 34.8 Å². The molecule has 3 rings (SSSR count). The van der Waals surface area contributed by atoms with Gasteiger partial charge in [0, 0.05) is 21.1 Å². The minimum atomic E-state index is -0.237. The third-order valence-electron chi connectivity index (χ3n) is 4.09. The Hall–Kier alpha value is -2.89. The molecule has 0 spiro atoms. The number of nitrogens with one attached hydrogen (secondary N) is 1. The van der Waals surface area contributed by atoms with E-state index in [4.69, 9.17) is 0 Å². The number of hydrogen-bond acceptors (Lipinski definition) is 4. The van der Waals surface area contributed by atoms with Crippen LogP contribution in [0.15, 0.2) is 42.5 Å². The Morgan fingerprint density at radius 3 is 2.54 bits per heavy atom. The summed E-state index contributed by atoms with van der Waals surface area (Å²) < 4.78 is 1.69. The van der Waals surface area contributed by atoms with Crippen LogP contribution in [0.2, 0.25) is 0 Å². The minimum absolute atomic E-state index is 0.136. The van der Waals surface area contributed by atoms with E-state index < -0.39 is 0 Å². The molecule has 6 nitrogen and oxygen atoms in total. The van der Waals surface area contributed by atoms with Gasteiger partial charge in [-0.15, -0.1) is 10.2 Å². The second-order valence-corrected chi connectivity index (χ2v) is 6.04. The summed E-state index contributed by atoms with van der Waals surface area (Å²) in [4.78, 5) is 14.4. The Morgan fingerprint density at radius 1 is 1.12 bits per heavy atom. The zero-order valence-corrected chi connectivity index (χ0v) is 14.3. The van der Waals surface area contributed by atoms with Crippen molar-refractivity contribution >= 4 is 22.6 Å². The fourth-order valence-corrected chi connectivity index (χ4v) is 2.88. The normalized spacial score (nSPS) is 12.2. The predicted molar refractivity (Wildman–Crippen MR) is 95.2 cm³/mol. The highest BCUT2D eigenvalue weighted by Crippen LogP contribution is 2.24. The Kier molecular flexibility index (Phi) is 4.20. The lowest BCUT2D eigenvalue weighted by atomic mass is 10.00. The van der Waals surface area contributed by atoms with E-state index in [1.165, 1.54) is 0 Å². The molecule has 3 aromatic rings. The highest BCUT2D eigenvalue weighted by atomic mass is 16.2. The molecule has 1 unspecified atom stereocenters. The average molecular weight is 323 g/mol. The highest BCUT2D eigenvalue weighted by Gasteiger charge is 2.20. The van der Waals surface area contributed by atoms with Gasteiger partial charge < -0.3 is 10.2 Å². The SMILES string of the molecule is CC(NC(=O)c1nnc(N(C)C)n1C)c1cccc2ccccc12. The number of carbonyl (C=O) groups excluding carboxylic acids is 1. The number of fused-ring (bicyclic) bond motifs is 1. The number of nitrogens with zero attached hydrogens (tertiary/aromatic N) is 4. The van der Waals surface area contributed by atoms with Crippen LogP contribution in [0.1, 0.15) is 29.1 Å². The number of carbonyl (C=O) groups is 1. The van der Waals surface area contributed by atoms with Crippen molar-refractivity contribution in [1.29, 1.82) is 0 Å². The summed E-state index contributed by atoms with van der Waals surface area (Å²) in [5.41, 5.74) is 1.08. The summed E-state index contributed by atoms with van der Waals surface area (Å²) in [5.74, 6) is 0.697. The van der Waals surface area contributed by atoms with Gasteiger partial charge in [0.05, 0.1) is 6.04 Å². The van der Waals surface area contributed by atoms with Gasteiger partial charge in [0.25, 0.3) is 5.91 Å². The quantitative estimate of drug-likeness (QED) is 0.801. The molecule has 1 N–H and O–H groups in total. The van der Waals surface area contributed by atoms with Gasteiger partial charge in [-0.25, -0.2) is 0 Å². The van der Waals surface area contributed by atoms with Gasteiger partial charge in [-0.05, 0) is 23.3 Å². The molecule has 2 aromatic carbocycles. The summed E-state index contributed by atoms with van der Waals surface area (Å²) in [6, 6.07) is 14.1. The fraction of sp³-hybridized carbons (Fsp3) is 0.278. The van der Waals surface area contributed by atoms with Gasteiger partial charge in [-0.3, -0.25) is 9.36 Å². The van der Waals surface area contributed by atoms with Gasteiger partial charge in [-0.2, -0.15) is 0 Å². The second kappa shape index (κ2) is 6.31. The van der Waals surface area contributed by atoms with E-state index in [9.17, 15) is 4.79 Å². The van der Waals surface area contributed by atoms with Crippen LogP contribution in [0.4, 0.5) is 5.95 Å². The van der Waals surface area contributed by atoms with Crippen molar-refractivity contribution in [2.75, 3.05) is 19.0 Å². The summed E-state index contributed by atoms with van der Waals surface area (Å²) in [5, 5.41) is 13.4. The Bertz CT molecular complexity index is 879. The molecule has 1 heterocycles. The Morgan fingerprint density at radius 2 is 1.83 bits per heavy atom. The maximum absolute atomic E-state index is 12.6. The molecule has 1 amide bonds. The van der Waals surface area contributed by atoms with Crippen LogP contribution in [-0.2, 0) is 7.05 Å². The zero-order chi connectivity index (χ0) is 17.3. The monoisotopic (exact) mass is 323 g/mol. The molecular weight excluding hydrogens is 302 g/mol. The van der Waals surface area contributed by atoms with E-state index in [2.05, 4.69) is 33.7 Å². The van der Waals surface area contributed by atoms with E-state index in [0.717, 1.165) is 16.3 Å². The molecule has 0 bridgehead atoms. The average Bonchev–Trinajstić information content (AvgIpc) is 2.96. The third-order valence-corrected chi connectivity index (χ3v) is 4.09. The van der Waals surface area contributed by atoms with Crippen LogP contribution in [0.5, 0.6) is 0 Å². The fourth-order valence-electron chi connectivity index (χ4n) is 2.88. The molecule has 0 saturated heterocycles. The maximum atomic E-state index is 12.6. The van der Waals surface area contributed by atoms with Crippen molar-refractivity contribution in [3.63, 3.8) is 0 Å². The Balaban J connectivity index is 1.86. The smallest absolute Gasteiger partial charge is 0.289 e. The molecule has 0 aliphatic carbocycles. The number of rotatable bonds is 4. The van der Waals surface area contributed by atoms with Crippen molar-refractivity contribution in [3.05, 3.63) is 53.9 Å². The van der Waals surface area contributed by atoms with Crippen molar-refractivity contribution in [1.82, 2.24) is 20.1 Å². The van der Waals surface area contributed by atoms with E-state index in [0.29, 0.717) is 11.8 Å². The first-order chi connectivity index (χ1) is 11.5. The van der Waals surface area contributed by atoms with E-state index in [1.54, 1.807) is 11.6 Å². The van der Waals surface area contributed by atoms with Crippen LogP contribution in [0.25, 0.3) is 10.8 Å².